The molecule has 4 rings (SSSR count). The van der Waals surface area contributed by atoms with Gasteiger partial charge in [-0.25, -0.2) is 4.98 Å². The first-order valence-corrected chi connectivity index (χ1v) is 16.5. The normalized spacial score (nSPS) is 22.4. The second kappa shape index (κ2) is 12.5. The number of nitrogens with one attached hydrogen (secondary N) is 2. The maximum absolute atomic E-state index is 13.5. The highest BCUT2D eigenvalue weighted by Crippen LogP contribution is 2.57. The summed E-state index contributed by atoms with van der Waals surface area (Å²) in [5.41, 5.74) is -1.91. The van der Waals surface area contributed by atoms with Crippen LogP contribution in [0, 0.1) is 11.8 Å². The number of rotatable bonds is 15. The Labute approximate surface area is 270 Å². The van der Waals surface area contributed by atoms with Crippen LogP contribution in [0.4, 0.5) is 0 Å². The van der Waals surface area contributed by atoms with Crippen molar-refractivity contribution in [2.45, 2.75) is 102 Å². The monoisotopic (exact) mass is 643 g/mol. The molecule has 3 N–H and O–H groups in total. The number of amides is 3. The van der Waals surface area contributed by atoms with Gasteiger partial charge in [0, 0.05) is 29.3 Å². The van der Waals surface area contributed by atoms with Crippen molar-refractivity contribution < 1.29 is 28.7 Å². The number of hydrogen-bond acceptors (Lipinski definition) is 8. The van der Waals surface area contributed by atoms with E-state index in [1.807, 2.05) is 38.9 Å². The molecule has 2 heterocycles. The summed E-state index contributed by atoms with van der Waals surface area (Å²) in [6.45, 7) is 11.5. The second-order valence-electron chi connectivity index (χ2n) is 14.4. The molecule has 2 saturated carbocycles. The zero-order valence-electron chi connectivity index (χ0n) is 28.0. The Bertz CT molecular complexity index is 1410. The molecular weight excluding hydrogens is 594 g/mol. The van der Waals surface area contributed by atoms with Gasteiger partial charge < -0.3 is 25.1 Å². The molecule has 4 atom stereocenters. The lowest BCUT2D eigenvalue weighted by Gasteiger charge is -2.44. The van der Waals surface area contributed by atoms with Crippen LogP contribution in [0.1, 0.15) is 101 Å². The van der Waals surface area contributed by atoms with Gasteiger partial charge in [-0.1, -0.05) is 20.8 Å². The van der Waals surface area contributed by atoms with Crippen molar-refractivity contribution in [3.8, 4) is 0 Å². The predicted octanol–water partition coefficient (Wildman–Crippen LogP) is 4.25. The van der Waals surface area contributed by atoms with Crippen LogP contribution in [-0.4, -0.2) is 87.9 Å². The Morgan fingerprint density at radius 3 is 2.36 bits per heavy atom. The molecule has 2 fully saturated rings. The van der Waals surface area contributed by atoms with Gasteiger partial charge in [0.1, 0.15) is 11.5 Å². The first-order valence-electron chi connectivity index (χ1n) is 15.7. The lowest BCUT2D eigenvalue weighted by Crippen LogP contribution is -2.57. The largest absolute Gasteiger partial charge is 0.481 e. The van der Waals surface area contributed by atoms with Crippen LogP contribution in [-0.2, 0) is 19.8 Å². The Kier molecular flexibility index (Phi) is 9.62. The van der Waals surface area contributed by atoms with Gasteiger partial charge in [-0.15, -0.1) is 11.3 Å². The van der Waals surface area contributed by atoms with Gasteiger partial charge in [-0.3, -0.25) is 24.1 Å². The van der Waals surface area contributed by atoms with Gasteiger partial charge in [0.25, 0.3) is 5.91 Å². The fourth-order valence-electron chi connectivity index (χ4n) is 6.12. The standard InChI is InChI=1S/C33H49N5O6S/c1-20(2)31(6,38(9)25(39)17-34-28(43)30(4,5)37(7)8)19-32(12-13-32)29-35-23(18-45-29)26(40)36-33(15-21(3)27(41)42)16-22(33)24-11-10-14-44-24/h10-11,14,18,20-22H,12-13,15-17,19H2,1-9H3,(H,34,43)(H,36,40)(H,41,42). The molecule has 0 spiro atoms. The number of hydrogen-bond donors (Lipinski definition) is 3. The summed E-state index contributed by atoms with van der Waals surface area (Å²) in [5, 5.41) is 18.1. The number of nitrogens with zero attached hydrogens (tertiary/aromatic N) is 3. The average molecular weight is 644 g/mol. The smallest absolute Gasteiger partial charge is 0.306 e. The van der Waals surface area contributed by atoms with Crippen molar-refractivity contribution in [3.05, 3.63) is 40.2 Å². The number of aromatic nitrogens is 1. The molecule has 11 nitrogen and oxygen atoms in total. The number of aliphatic carboxylic acids is 1. The molecule has 12 heteroatoms. The van der Waals surface area contributed by atoms with Gasteiger partial charge in [0.05, 0.1) is 34.8 Å². The molecule has 2 aromatic rings. The SMILES string of the molecule is CC(CC1(NC(=O)c2csc(C3(CC(C)(C(C)C)N(C)C(=O)CNC(=O)C(C)(C)N(C)C)CC3)n2)CC1c1ccco1)C(=O)O. The van der Waals surface area contributed by atoms with Crippen LogP contribution in [0.25, 0.3) is 0 Å². The molecule has 45 heavy (non-hydrogen) atoms. The van der Waals surface area contributed by atoms with Crippen molar-refractivity contribution in [3.63, 3.8) is 0 Å². The number of carboxylic acids is 1. The fraction of sp³-hybridized carbons (Fsp3) is 0.667. The molecule has 0 bridgehead atoms. The van der Waals surface area contributed by atoms with Crippen molar-refractivity contribution in [2.75, 3.05) is 27.7 Å². The molecular formula is C33H49N5O6S. The van der Waals surface area contributed by atoms with E-state index in [2.05, 4.69) is 31.4 Å². The van der Waals surface area contributed by atoms with Crippen LogP contribution in [0.2, 0.25) is 0 Å². The van der Waals surface area contributed by atoms with Crippen molar-refractivity contribution in [2.24, 2.45) is 11.8 Å². The van der Waals surface area contributed by atoms with Crippen LogP contribution in [0.15, 0.2) is 28.2 Å². The van der Waals surface area contributed by atoms with Crippen molar-refractivity contribution in [1.82, 2.24) is 25.4 Å². The number of furan rings is 1. The van der Waals surface area contributed by atoms with Gasteiger partial charge in [0.15, 0.2) is 0 Å². The summed E-state index contributed by atoms with van der Waals surface area (Å²) < 4.78 is 5.59. The first-order chi connectivity index (χ1) is 20.9. The third kappa shape index (κ3) is 6.96. The number of carboxylic acid groups (broad SMARTS) is 1. The van der Waals surface area contributed by atoms with Crippen LogP contribution in [0.5, 0.6) is 0 Å². The Hall–Kier alpha value is -3.25. The fourth-order valence-corrected chi connectivity index (χ4v) is 7.18. The first kappa shape index (κ1) is 34.6. The summed E-state index contributed by atoms with van der Waals surface area (Å²) in [5.74, 6) is -1.49. The third-order valence-electron chi connectivity index (χ3n) is 10.6. The topological polar surface area (TPSA) is 145 Å². The molecule has 0 radical (unpaired) electrons. The second-order valence-corrected chi connectivity index (χ2v) is 15.3. The molecule has 2 aliphatic carbocycles. The average Bonchev–Trinajstić information content (AvgIpc) is 3.69. The van der Waals surface area contributed by atoms with E-state index in [1.54, 1.807) is 36.6 Å². The van der Waals surface area contributed by atoms with E-state index in [0.717, 1.165) is 23.6 Å². The van der Waals surface area contributed by atoms with E-state index < -0.39 is 28.5 Å². The molecule has 248 valence electrons. The Morgan fingerprint density at radius 1 is 1.16 bits per heavy atom. The molecule has 4 unspecified atom stereocenters. The molecule has 0 aliphatic heterocycles. The van der Waals surface area contributed by atoms with Crippen molar-refractivity contribution in [1.29, 1.82) is 0 Å². The number of carbonyl (C=O) groups excluding carboxylic acids is 3. The van der Waals surface area contributed by atoms with E-state index in [-0.39, 0.29) is 41.5 Å². The Morgan fingerprint density at radius 2 is 1.82 bits per heavy atom. The summed E-state index contributed by atoms with van der Waals surface area (Å²) in [6.07, 6.45) is 4.96. The number of likely N-dealkylation sites (N-methyl/N-ethyl adjacent to an activating group) is 2. The maximum atomic E-state index is 13.5. The molecule has 2 aliphatic rings. The van der Waals surface area contributed by atoms with Gasteiger partial charge >= 0.3 is 5.97 Å². The van der Waals surface area contributed by atoms with Gasteiger partial charge in [-0.05, 0) is 85.0 Å². The van der Waals surface area contributed by atoms with E-state index in [1.165, 1.54) is 11.3 Å². The maximum Gasteiger partial charge on any atom is 0.306 e. The molecule has 3 amide bonds. The summed E-state index contributed by atoms with van der Waals surface area (Å²) in [7, 11) is 5.45. The minimum absolute atomic E-state index is 0.0925. The Balaban J connectivity index is 1.46. The summed E-state index contributed by atoms with van der Waals surface area (Å²) in [6, 6.07) is 3.65. The predicted molar refractivity (Wildman–Crippen MR) is 172 cm³/mol. The van der Waals surface area contributed by atoms with Gasteiger partial charge in [0.2, 0.25) is 11.8 Å². The van der Waals surface area contributed by atoms with Gasteiger partial charge in [-0.2, -0.15) is 0 Å². The van der Waals surface area contributed by atoms with Crippen LogP contribution in [0.3, 0.4) is 0 Å². The van der Waals surface area contributed by atoms with Crippen molar-refractivity contribution >= 4 is 35.0 Å². The number of thiazole rings is 1. The molecule has 0 saturated heterocycles. The van der Waals surface area contributed by atoms with E-state index in [0.29, 0.717) is 25.0 Å². The minimum atomic E-state index is -0.906. The van der Waals surface area contributed by atoms with E-state index >= 15 is 0 Å². The lowest BCUT2D eigenvalue weighted by molar-refractivity contribution is -0.141. The third-order valence-corrected chi connectivity index (χ3v) is 11.7. The summed E-state index contributed by atoms with van der Waals surface area (Å²) in [4.78, 5) is 59.7. The summed E-state index contributed by atoms with van der Waals surface area (Å²) >= 11 is 1.45. The molecule has 2 aromatic heterocycles. The quantitative estimate of drug-likeness (QED) is 0.261. The van der Waals surface area contributed by atoms with E-state index in [4.69, 9.17) is 9.40 Å². The van der Waals surface area contributed by atoms with Crippen LogP contribution >= 0.6 is 11.3 Å². The highest BCUT2D eigenvalue weighted by Gasteiger charge is 2.59. The zero-order chi connectivity index (χ0) is 33.5. The highest BCUT2D eigenvalue weighted by atomic mass is 32.1. The van der Waals surface area contributed by atoms with Crippen LogP contribution < -0.4 is 10.6 Å². The minimum Gasteiger partial charge on any atom is -0.481 e. The number of carbonyl (C=O) groups is 4. The highest BCUT2D eigenvalue weighted by molar-refractivity contribution is 7.10. The van der Waals surface area contributed by atoms with E-state index in [9.17, 15) is 24.3 Å². The molecule has 0 aromatic carbocycles. The zero-order valence-corrected chi connectivity index (χ0v) is 28.8. The lowest BCUT2D eigenvalue weighted by atomic mass is 9.77.